The van der Waals surface area contributed by atoms with Gasteiger partial charge < -0.3 is 15.4 Å². The van der Waals surface area contributed by atoms with Crippen molar-refractivity contribution >= 4 is 29.1 Å². The highest BCUT2D eigenvalue weighted by atomic mass is 35.5. The Kier molecular flexibility index (Phi) is 5.72. The van der Waals surface area contributed by atoms with Crippen LogP contribution in [0.5, 0.6) is 5.75 Å². The summed E-state index contributed by atoms with van der Waals surface area (Å²) in [6.45, 7) is 0.389. The summed E-state index contributed by atoms with van der Waals surface area (Å²) in [4.78, 5) is 12.9. The van der Waals surface area contributed by atoms with Gasteiger partial charge in [-0.15, -0.1) is 0 Å². The van der Waals surface area contributed by atoms with E-state index in [0.717, 1.165) is 5.56 Å². The molecule has 0 unspecified atom stereocenters. The molecule has 0 atom stereocenters. The molecule has 0 aromatic heterocycles. The maximum Gasteiger partial charge on any atom is 0.259 e. The number of benzene rings is 1. The number of carbonyl (C=O) groups is 1. The minimum atomic E-state index is -0.139. The van der Waals surface area contributed by atoms with Crippen molar-refractivity contribution in [2.24, 2.45) is 5.73 Å². The highest BCUT2D eigenvalue weighted by molar-refractivity contribution is 6.35. The molecule has 1 aromatic rings. The molecule has 0 aliphatic heterocycles. The molecule has 1 amide bonds. The molecular weight excluding hydrogens is 275 g/mol. The summed E-state index contributed by atoms with van der Waals surface area (Å²) < 4.78 is 5.46. The van der Waals surface area contributed by atoms with E-state index < -0.39 is 0 Å². The van der Waals surface area contributed by atoms with Crippen molar-refractivity contribution in [3.63, 3.8) is 0 Å². The van der Waals surface area contributed by atoms with Crippen LogP contribution in [0, 0.1) is 0 Å². The number of likely N-dealkylation sites (N-methyl/N-ethyl adjacent to an activating group) is 1. The predicted molar refractivity (Wildman–Crippen MR) is 73.4 cm³/mol. The lowest BCUT2D eigenvalue weighted by atomic mass is 10.1. The fraction of sp³-hybridized carbons (Fsp3) is 0.417. The van der Waals surface area contributed by atoms with Gasteiger partial charge in [0.15, 0.2) is 6.61 Å². The molecule has 6 heteroatoms. The fourth-order valence-corrected chi connectivity index (χ4v) is 1.97. The molecule has 0 spiro atoms. The van der Waals surface area contributed by atoms with Crippen LogP contribution >= 0.6 is 23.2 Å². The lowest BCUT2D eigenvalue weighted by molar-refractivity contribution is -0.130. The minimum absolute atomic E-state index is 0.0636. The number of carbonyl (C=O) groups excluding carboxylic acids is 1. The molecule has 1 rings (SSSR count). The first kappa shape index (κ1) is 15.1. The molecule has 100 valence electrons. The number of halogens is 2. The van der Waals surface area contributed by atoms with E-state index >= 15 is 0 Å². The van der Waals surface area contributed by atoms with E-state index in [0.29, 0.717) is 28.8 Å². The van der Waals surface area contributed by atoms with Crippen LogP contribution in [0.15, 0.2) is 12.1 Å². The first-order valence-electron chi connectivity index (χ1n) is 5.46. The van der Waals surface area contributed by atoms with Crippen molar-refractivity contribution in [1.29, 1.82) is 0 Å². The van der Waals surface area contributed by atoms with E-state index in [-0.39, 0.29) is 12.5 Å². The fourth-order valence-electron chi connectivity index (χ4n) is 1.38. The average molecular weight is 291 g/mol. The molecular formula is C12H16Cl2N2O2. The topological polar surface area (TPSA) is 55.6 Å². The van der Waals surface area contributed by atoms with E-state index in [2.05, 4.69) is 0 Å². The molecule has 0 saturated heterocycles. The first-order chi connectivity index (χ1) is 8.45. The van der Waals surface area contributed by atoms with Gasteiger partial charge in [-0.25, -0.2) is 0 Å². The summed E-state index contributed by atoms with van der Waals surface area (Å²) in [7, 11) is 3.33. The Morgan fingerprint density at radius 1 is 1.39 bits per heavy atom. The zero-order valence-corrected chi connectivity index (χ0v) is 11.9. The van der Waals surface area contributed by atoms with E-state index in [1.807, 2.05) is 0 Å². The second-order valence-electron chi connectivity index (χ2n) is 3.99. The Labute approximate surface area is 117 Å². The van der Waals surface area contributed by atoms with Crippen LogP contribution in [0.25, 0.3) is 0 Å². The Bertz CT molecular complexity index is 436. The Balaban J connectivity index is 2.89. The third-order valence-corrected chi connectivity index (χ3v) is 2.84. The van der Waals surface area contributed by atoms with Crippen LogP contribution in [0.3, 0.4) is 0 Å². The van der Waals surface area contributed by atoms with Crippen LogP contribution < -0.4 is 10.5 Å². The smallest absolute Gasteiger partial charge is 0.259 e. The molecule has 0 fully saturated rings. The summed E-state index contributed by atoms with van der Waals surface area (Å²) in [5, 5.41) is 0.909. The van der Waals surface area contributed by atoms with Crippen molar-refractivity contribution in [1.82, 2.24) is 4.90 Å². The van der Waals surface area contributed by atoms with Gasteiger partial charge in [-0.2, -0.15) is 0 Å². The normalized spacial score (nSPS) is 10.3. The molecule has 0 bridgehead atoms. The average Bonchev–Trinajstić information content (AvgIpc) is 2.27. The van der Waals surface area contributed by atoms with E-state index in [9.17, 15) is 4.79 Å². The van der Waals surface area contributed by atoms with Gasteiger partial charge in [-0.05, 0) is 30.7 Å². The SMILES string of the molecule is CN(C)C(=O)COc1c(Cl)cc(Cl)cc1CCN. The number of rotatable bonds is 5. The van der Waals surface area contributed by atoms with Crippen molar-refractivity contribution in [3.05, 3.63) is 27.7 Å². The van der Waals surface area contributed by atoms with Gasteiger partial charge in [0, 0.05) is 19.1 Å². The summed E-state index contributed by atoms with van der Waals surface area (Å²) >= 11 is 12.0. The summed E-state index contributed by atoms with van der Waals surface area (Å²) in [5.41, 5.74) is 6.32. The van der Waals surface area contributed by atoms with Gasteiger partial charge in [-0.3, -0.25) is 4.79 Å². The molecule has 4 nitrogen and oxygen atoms in total. The molecule has 0 saturated carbocycles. The quantitative estimate of drug-likeness (QED) is 0.902. The van der Waals surface area contributed by atoms with Crippen LogP contribution in [0.2, 0.25) is 10.0 Å². The first-order valence-corrected chi connectivity index (χ1v) is 6.22. The Hall–Kier alpha value is -0.970. The van der Waals surface area contributed by atoms with Crippen molar-refractivity contribution in [3.8, 4) is 5.75 Å². The number of hydrogen-bond donors (Lipinski definition) is 1. The van der Waals surface area contributed by atoms with E-state index in [4.69, 9.17) is 33.7 Å². The highest BCUT2D eigenvalue weighted by Gasteiger charge is 2.13. The number of nitrogens with two attached hydrogens (primary N) is 1. The lowest BCUT2D eigenvalue weighted by Crippen LogP contribution is -2.27. The van der Waals surface area contributed by atoms with E-state index in [1.54, 1.807) is 26.2 Å². The number of ether oxygens (including phenoxy) is 1. The van der Waals surface area contributed by atoms with Gasteiger partial charge >= 0.3 is 0 Å². The number of amides is 1. The molecule has 18 heavy (non-hydrogen) atoms. The molecule has 2 N–H and O–H groups in total. The monoisotopic (exact) mass is 290 g/mol. The van der Waals surface area contributed by atoms with Crippen molar-refractivity contribution in [2.45, 2.75) is 6.42 Å². The third-order valence-electron chi connectivity index (χ3n) is 2.34. The summed E-state index contributed by atoms with van der Waals surface area (Å²) in [5.74, 6) is 0.335. The third kappa shape index (κ3) is 4.05. The van der Waals surface area contributed by atoms with Crippen molar-refractivity contribution in [2.75, 3.05) is 27.2 Å². The van der Waals surface area contributed by atoms with Gasteiger partial charge in [0.05, 0.1) is 5.02 Å². The zero-order chi connectivity index (χ0) is 13.7. The molecule has 0 aliphatic carbocycles. The Morgan fingerprint density at radius 3 is 2.61 bits per heavy atom. The van der Waals surface area contributed by atoms with Crippen LogP contribution in [0.4, 0.5) is 0 Å². The van der Waals surface area contributed by atoms with Gasteiger partial charge in [0.25, 0.3) is 5.91 Å². The Morgan fingerprint density at radius 2 is 2.06 bits per heavy atom. The molecule has 0 heterocycles. The van der Waals surface area contributed by atoms with Gasteiger partial charge in [0.2, 0.25) is 0 Å². The minimum Gasteiger partial charge on any atom is -0.482 e. The zero-order valence-electron chi connectivity index (χ0n) is 10.4. The largest absolute Gasteiger partial charge is 0.482 e. The standard InChI is InChI=1S/C12H16Cl2N2O2/c1-16(2)11(17)7-18-12-8(3-4-15)5-9(13)6-10(12)14/h5-6H,3-4,7,15H2,1-2H3. The van der Waals surface area contributed by atoms with Gasteiger partial charge in [-0.1, -0.05) is 23.2 Å². The van der Waals surface area contributed by atoms with Crippen LogP contribution in [-0.2, 0) is 11.2 Å². The summed E-state index contributed by atoms with van der Waals surface area (Å²) in [6.07, 6.45) is 0.589. The maximum absolute atomic E-state index is 11.5. The van der Waals surface area contributed by atoms with Gasteiger partial charge in [0.1, 0.15) is 5.75 Å². The second-order valence-corrected chi connectivity index (χ2v) is 4.84. The second kappa shape index (κ2) is 6.83. The highest BCUT2D eigenvalue weighted by Crippen LogP contribution is 2.32. The molecule has 1 aromatic carbocycles. The van der Waals surface area contributed by atoms with Crippen LogP contribution in [0.1, 0.15) is 5.56 Å². The van der Waals surface area contributed by atoms with Crippen LogP contribution in [-0.4, -0.2) is 38.1 Å². The lowest BCUT2D eigenvalue weighted by Gasteiger charge is -2.15. The number of hydrogen-bond acceptors (Lipinski definition) is 3. The maximum atomic E-state index is 11.5. The van der Waals surface area contributed by atoms with Crippen molar-refractivity contribution < 1.29 is 9.53 Å². The summed E-state index contributed by atoms with van der Waals surface area (Å²) in [6, 6.07) is 3.33. The molecule has 0 radical (unpaired) electrons. The number of nitrogens with zero attached hydrogens (tertiary/aromatic N) is 1. The molecule has 0 aliphatic rings. The van der Waals surface area contributed by atoms with E-state index in [1.165, 1.54) is 4.90 Å². The predicted octanol–water partition coefficient (Wildman–Crippen LogP) is 1.96.